The molecule has 0 radical (unpaired) electrons. The minimum atomic E-state index is 0.0504. The molecule has 0 saturated heterocycles. The molecular formula is C19H17N3O. The quantitative estimate of drug-likeness (QED) is 0.578. The number of aromatic nitrogens is 3. The second kappa shape index (κ2) is 5.39. The first kappa shape index (κ1) is 13.8. The highest BCUT2D eigenvalue weighted by molar-refractivity contribution is 5.81. The van der Waals surface area contributed by atoms with E-state index in [0.717, 1.165) is 28.8 Å². The molecule has 0 saturated carbocycles. The first-order chi connectivity index (χ1) is 11.3. The highest BCUT2D eigenvalue weighted by atomic mass is 16.1. The summed E-state index contributed by atoms with van der Waals surface area (Å²) in [7, 11) is 0. The summed E-state index contributed by atoms with van der Waals surface area (Å²) in [4.78, 5) is 12.8. The van der Waals surface area contributed by atoms with Crippen LogP contribution in [0.2, 0.25) is 0 Å². The van der Waals surface area contributed by atoms with Crippen molar-refractivity contribution >= 4 is 16.6 Å². The Morgan fingerprint density at radius 3 is 2.52 bits per heavy atom. The Hall–Kier alpha value is -2.88. The molecule has 0 atom stereocenters. The molecular weight excluding hydrogens is 286 g/mol. The Balaban J connectivity index is 2.11. The van der Waals surface area contributed by atoms with Gasteiger partial charge in [0.1, 0.15) is 5.65 Å². The molecule has 0 aliphatic carbocycles. The molecule has 0 aliphatic heterocycles. The first-order valence-corrected chi connectivity index (χ1v) is 7.86. The van der Waals surface area contributed by atoms with Crippen LogP contribution in [0.15, 0.2) is 65.5 Å². The first-order valence-electron chi connectivity index (χ1n) is 7.86. The zero-order valence-electron chi connectivity index (χ0n) is 12.9. The van der Waals surface area contributed by atoms with Crippen molar-refractivity contribution in [3.63, 3.8) is 0 Å². The van der Waals surface area contributed by atoms with Gasteiger partial charge in [0.25, 0.3) is 5.56 Å². The van der Waals surface area contributed by atoms with Crippen molar-refractivity contribution in [1.82, 2.24) is 14.2 Å². The van der Waals surface area contributed by atoms with E-state index in [-0.39, 0.29) is 5.56 Å². The second-order valence-electron chi connectivity index (χ2n) is 5.64. The van der Waals surface area contributed by atoms with Crippen LogP contribution in [0.4, 0.5) is 0 Å². The molecule has 4 aromatic rings. The van der Waals surface area contributed by atoms with Crippen molar-refractivity contribution in [3.8, 4) is 11.3 Å². The average molecular weight is 303 g/mol. The number of nitrogens with zero attached hydrogens (tertiary/aromatic N) is 3. The Morgan fingerprint density at radius 1 is 1.00 bits per heavy atom. The summed E-state index contributed by atoms with van der Waals surface area (Å²) in [6, 6.07) is 19.7. The van der Waals surface area contributed by atoms with Crippen molar-refractivity contribution < 1.29 is 0 Å². The van der Waals surface area contributed by atoms with Crippen LogP contribution >= 0.6 is 0 Å². The van der Waals surface area contributed by atoms with Crippen molar-refractivity contribution in [1.29, 1.82) is 0 Å². The zero-order valence-corrected chi connectivity index (χ0v) is 12.9. The third-order valence-electron chi connectivity index (χ3n) is 4.09. The molecule has 2 aromatic heterocycles. The summed E-state index contributed by atoms with van der Waals surface area (Å²) in [5.74, 6) is 0. The predicted octanol–water partition coefficient (Wildman–Crippen LogP) is 3.73. The van der Waals surface area contributed by atoms with Crippen molar-refractivity contribution in [2.24, 2.45) is 0 Å². The van der Waals surface area contributed by atoms with Crippen molar-refractivity contribution in [2.45, 2.75) is 19.9 Å². The smallest absolute Gasteiger partial charge is 0.261 e. The van der Waals surface area contributed by atoms with Gasteiger partial charge in [0.2, 0.25) is 0 Å². The minimum absolute atomic E-state index is 0.0504. The lowest BCUT2D eigenvalue weighted by atomic mass is 10.1. The molecule has 23 heavy (non-hydrogen) atoms. The van der Waals surface area contributed by atoms with Gasteiger partial charge in [0.15, 0.2) is 0 Å². The molecule has 0 aliphatic rings. The van der Waals surface area contributed by atoms with Crippen LogP contribution in [0.1, 0.15) is 13.3 Å². The number of benzene rings is 2. The monoisotopic (exact) mass is 303 g/mol. The predicted molar refractivity (Wildman–Crippen MR) is 92.7 cm³/mol. The number of hydrogen-bond acceptors (Lipinski definition) is 2. The highest BCUT2D eigenvalue weighted by Gasteiger charge is 2.13. The van der Waals surface area contributed by atoms with Crippen molar-refractivity contribution in [2.75, 3.05) is 0 Å². The van der Waals surface area contributed by atoms with Crippen molar-refractivity contribution in [3.05, 3.63) is 71.0 Å². The number of para-hydroxylation sites is 1. The van der Waals surface area contributed by atoms with Crippen LogP contribution in [-0.2, 0) is 6.54 Å². The third-order valence-corrected chi connectivity index (χ3v) is 4.09. The molecule has 2 heterocycles. The lowest BCUT2D eigenvalue weighted by Crippen LogP contribution is -2.22. The van der Waals surface area contributed by atoms with Crippen LogP contribution in [0.3, 0.4) is 0 Å². The van der Waals surface area contributed by atoms with Gasteiger partial charge in [-0.3, -0.25) is 9.36 Å². The minimum Gasteiger partial charge on any atom is -0.293 e. The fourth-order valence-electron chi connectivity index (χ4n) is 3.02. The Kier molecular flexibility index (Phi) is 3.23. The van der Waals surface area contributed by atoms with E-state index < -0.39 is 0 Å². The molecule has 4 heteroatoms. The maximum Gasteiger partial charge on any atom is 0.261 e. The molecule has 0 fully saturated rings. The topological polar surface area (TPSA) is 39.3 Å². The molecule has 0 unspecified atom stereocenters. The average Bonchev–Trinajstić information content (AvgIpc) is 3.05. The van der Waals surface area contributed by atoms with Gasteiger partial charge in [0.05, 0.1) is 16.6 Å². The third kappa shape index (κ3) is 2.14. The van der Waals surface area contributed by atoms with Crippen LogP contribution < -0.4 is 5.56 Å². The zero-order chi connectivity index (χ0) is 15.8. The van der Waals surface area contributed by atoms with Gasteiger partial charge >= 0.3 is 0 Å². The van der Waals surface area contributed by atoms with Crippen LogP contribution in [0.25, 0.3) is 27.8 Å². The van der Waals surface area contributed by atoms with E-state index in [1.165, 1.54) is 0 Å². The fraction of sp³-hybridized carbons (Fsp3) is 0.158. The van der Waals surface area contributed by atoms with Crippen LogP contribution in [0, 0.1) is 0 Å². The normalized spacial score (nSPS) is 11.3. The maximum absolute atomic E-state index is 12.8. The summed E-state index contributed by atoms with van der Waals surface area (Å²) in [6.45, 7) is 2.76. The highest BCUT2D eigenvalue weighted by Crippen LogP contribution is 2.21. The summed E-state index contributed by atoms with van der Waals surface area (Å²) < 4.78 is 3.70. The number of fused-ring (bicyclic) bond motifs is 3. The number of hydrogen-bond donors (Lipinski definition) is 0. The SMILES string of the molecule is CCCn1c(=O)c2ccccc2n2nc(-c3ccccc3)cc12. The van der Waals surface area contributed by atoms with E-state index in [1.807, 2.05) is 69.7 Å². The molecule has 2 aromatic carbocycles. The Bertz CT molecular complexity index is 1040. The lowest BCUT2D eigenvalue weighted by Gasteiger charge is -2.09. The summed E-state index contributed by atoms with van der Waals surface area (Å²) in [5.41, 5.74) is 3.67. The Morgan fingerprint density at radius 2 is 1.74 bits per heavy atom. The molecule has 114 valence electrons. The number of aryl methyl sites for hydroxylation is 1. The van der Waals surface area contributed by atoms with Gasteiger partial charge in [0, 0.05) is 18.2 Å². The van der Waals surface area contributed by atoms with E-state index in [2.05, 4.69) is 6.92 Å². The molecule has 0 N–H and O–H groups in total. The Labute approximate surface area is 133 Å². The van der Waals surface area contributed by atoms with Crippen LogP contribution in [-0.4, -0.2) is 14.2 Å². The van der Waals surface area contributed by atoms with Gasteiger partial charge in [-0.15, -0.1) is 0 Å². The molecule has 4 rings (SSSR count). The molecule has 0 bridgehead atoms. The summed E-state index contributed by atoms with van der Waals surface area (Å²) in [5, 5.41) is 5.46. The van der Waals surface area contributed by atoms with Gasteiger partial charge in [-0.25, -0.2) is 4.52 Å². The molecule has 4 nitrogen and oxygen atoms in total. The second-order valence-corrected chi connectivity index (χ2v) is 5.64. The standard InChI is InChI=1S/C19H17N3O/c1-2-12-21-18-13-16(14-8-4-3-5-9-14)20-22(18)17-11-7-6-10-15(17)19(21)23/h3-11,13H,2,12H2,1H3. The fourth-order valence-corrected chi connectivity index (χ4v) is 3.02. The van der Waals surface area contributed by atoms with E-state index in [0.29, 0.717) is 11.9 Å². The summed E-state index contributed by atoms with van der Waals surface area (Å²) in [6.07, 6.45) is 0.903. The molecule has 0 amide bonds. The van der Waals surface area contributed by atoms with E-state index in [4.69, 9.17) is 5.10 Å². The largest absolute Gasteiger partial charge is 0.293 e. The summed E-state index contributed by atoms with van der Waals surface area (Å²) >= 11 is 0. The van der Waals surface area contributed by atoms with E-state index >= 15 is 0 Å². The lowest BCUT2D eigenvalue weighted by molar-refractivity contribution is 0.666. The van der Waals surface area contributed by atoms with Gasteiger partial charge in [-0.05, 0) is 18.6 Å². The van der Waals surface area contributed by atoms with Crippen LogP contribution in [0.5, 0.6) is 0 Å². The number of rotatable bonds is 3. The molecule has 0 spiro atoms. The van der Waals surface area contributed by atoms with Gasteiger partial charge in [-0.1, -0.05) is 49.4 Å². The van der Waals surface area contributed by atoms with E-state index in [1.54, 1.807) is 0 Å². The van der Waals surface area contributed by atoms with Gasteiger partial charge in [-0.2, -0.15) is 5.10 Å². The van der Waals surface area contributed by atoms with E-state index in [9.17, 15) is 4.79 Å². The maximum atomic E-state index is 12.8. The van der Waals surface area contributed by atoms with Gasteiger partial charge < -0.3 is 0 Å².